The average Bonchev–Trinajstić information content (AvgIpc) is 2.73. The number of fused-ring (bicyclic) bond motifs is 1. The highest BCUT2D eigenvalue weighted by Gasteiger charge is 2.07. The summed E-state index contributed by atoms with van der Waals surface area (Å²) in [7, 11) is 0. The summed E-state index contributed by atoms with van der Waals surface area (Å²) in [5.74, 6) is 0.754. The number of aromatic hydroxyl groups is 1. The first kappa shape index (κ1) is 8.97. The van der Waals surface area contributed by atoms with Crippen molar-refractivity contribution in [2.45, 2.75) is 0 Å². The van der Waals surface area contributed by atoms with Crippen molar-refractivity contribution < 1.29 is 9.52 Å². The van der Waals surface area contributed by atoms with Crippen molar-refractivity contribution in [2.24, 2.45) is 0 Å². The van der Waals surface area contributed by atoms with Gasteiger partial charge in [0.15, 0.2) is 5.58 Å². The van der Waals surface area contributed by atoms with E-state index in [4.69, 9.17) is 4.42 Å². The minimum absolute atomic E-state index is 0.184. The molecule has 0 amide bonds. The Hall–Kier alpha value is -2.29. The Kier molecular flexibility index (Phi) is 1.90. The van der Waals surface area contributed by atoms with Gasteiger partial charge in [-0.1, -0.05) is 18.2 Å². The summed E-state index contributed by atoms with van der Waals surface area (Å²) in [6, 6.07) is 14.6. The number of hydrogen-bond acceptors (Lipinski definition) is 3. The lowest BCUT2D eigenvalue weighted by Gasteiger charge is -1.91. The van der Waals surface area contributed by atoms with Crippen LogP contribution in [0.4, 0.5) is 0 Å². The van der Waals surface area contributed by atoms with Gasteiger partial charge in [-0.15, -0.1) is 0 Å². The lowest BCUT2D eigenvalue weighted by atomic mass is 10.2. The van der Waals surface area contributed by atoms with Crippen molar-refractivity contribution in [2.75, 3.05) is 0 Å². The fraction of sp³-hybridized carbons (Fsp3) is 0. The van der Waals surface area contributed by atoms with Gasteiger partial charge in [-0.05, 0) is 24.3 Å². The molecule has 0 spiro atoms. The van der Waals surface area contributed by atoms with Crippen LogP contribution in [0.1, 0.15) is 0 Å². The zero-order valence-electron chi connectivity index (χ0n) is 8.42. The van der Waals surface area contributed by atoms with Crippen LogP contribution in [0, 0.1) is 0 Å². The molecular weight excluding hydrogens is 202 g/mol. The van der Waals surface area contributed by atoms with E-state index < -0.39 is 0 Å². The average molecular weight is 211 g/mol. The molecule has 0 atom stereocenters. The number of rotatable bonds is 1. The highest BCUT2D eigenvalue weighted by atomic mass is 16.3. The van der Waals surface area contributed by atoms with Gasteiger partial charge in [0.05, 0.1) is 0 Å². The number of oxazole rings is 1. The smallest absolute Gasteiger partial charge is 0.227 e. The molecule has 1 aromatic heterocycles. The van der Waals surface area contributed by atoms with Crippen LogP contribution < -0.4 is 0 Å². The fourth-order valence-corrected chi connectivity index (χ4v) is 1.62. The van der Waals surface area contributed by atoms with E-state index in [1.165, 1.54) is 0 Å². The molecule has 1 heterocycles. The van der Waals surface area contributed by atoms with Crippen LogP contribution >= 0.6 is 0 Å². The number of phenols is 1. The highest BCUT2D eigenvalue weighted by molar-refractivity contribution is 5.77. The molecule has 0 aliphatic rings. The molecule has 2 aromatic carbocycles. The Labute approximate surface area is 92.0 Å². The minimum atomic E-state index is 0.184. The van der Waals surface area contributed by atoms with Gasteiger partial charge in [0.25, 0.3) is 0 Å². The van der Waals surface area contributed by atoms with Gasteiger partial charge in [0.1, 0.15) is 11.3 Å². The molecule has 3 nitrogen and oxygen atoms in total. The van der Waals surface area contributed by atoms with Crippen LogP contribution in [0.25, 0.3) is 22.6 Å². The van der Waals surface area contributed by atoms with E-state index in [1.54, 1.807) is 18.2 Å². The lowest BCUT2D eigenvalue weighted by Crippen LogP contribution is -1.74. The SMILES string of the molecule is Oc1ccc2nc(-c3ccccc3)oc2c1. The van der Waals surface area contributed by atoms with Crippen LogP contribution in [0.5, 0.6) is 5.75 Å². The zero-order chi connectivity index (χ0) is 11.0. The predicted octanol–water partition coefficient (Wildman–Crippen LogP) is 3.20. The van der Waals surface area contributed by atoms with E-state index in [1.807, 2.05) is 30.3 Å². The first-order valence-electron chi connectivity index (χ1n) is 4.98. The third-order valence-electron chi connectivity index (χ3n) is 2.39. The number of hydrogen-bond donors (Lipinski definition) is 1. The monoisotopic (exact) mass is 211 g/mol. The highest BCUT2D eigenvalue weighted by Crippen LogP contribution is 2.26. The third-order valence-corrected chi connectivity index (χ3v) is 2.39. The molecule has 0 fully saturated rings. The minimum Gasteiger partial charge on any atom is -0.508 e. The van der Waals surface area contributed by atoms with Crippen LogP contribution in [-0.4, -0.2) is 10.1 Å². The largest absolute Gasteiger partial charge is 0.508 e. The van der Waals surface area contributed by atoms with Gasteiger partial charge in [-0.25, -0.2) is 4.98 Å². The van der Waals surface area contributed by atoms with E-state index in [2.05, 4.69) is 4.98 Å². The van der Waals surface area contributed by atoms with E-state index >= 15 is 0 Å². The summed E-state index contributed by atoms with van der Waals surface area (Å²) >= 11 is 0. The van der Waals surface area contributed by atoms with Gasteiger partial charge in [-0.2, -0.15) is 0 Å². The maximum absolute atomic E-state index is 9.32. The van der Waals surface area contributed by atoms with E-state index in [9.17, 15) is 5.11 Å². The van der Waals surface area contributed by atoms with Crippen molar-refractivity contribution in [1.82, 2.24) is 4.98 Å². The molecule has 0 radical (unpaired) electrons. The summed E-state index contributed by atoms with van der Waals surface area (Å²) in [6.45, 7) is 0. The van der Waals surface area contributed by atoms with Gasteiger partial charge in [-0.3, -0.25) is 0 Å². The molecule has 3 aromatic rings. The molecule has 0 aliphatic heterocycles. The van der Waals surface area contributed by atoms with Crippen molar-refractivity contribution in [1.29, 1.82) is 0 Å². The van der Waals surface area contributed by atoms with Crippen molar-refractivity contribution in [3.63, 3.8) is 0 Å². The normalized spacial score (nSPS) is 10.8. The van der Waals surface area contributed by atoms with Crippen molar-refractivity contribution >= 4 is 11.1 Å². The van der Waals surface area contributed by atoms with Crippen LogP contribution in [-0.2, 0) is 0 Å². The van der Waals surface area contributed by atoms with Crippen LogP contribution in [0.2, 0.25) is 0 Å². The number of aromatic nitrogens is 1. The van der Waals surface area contributed by atoms with E-state index in [-0.39, 0.29) is 5.75 Å². The topological polar surface area (TPSA) is 46.3 Å². The first-order valence-corrected chi connectivity index (χ1v) is 4.98. The third kappa shape index (κ3) is 1.42. The number of nitrogens with zero attached hydrogens (tertiary/aromatic N) is 1. The molecule has 0 saturated heterocycles. The molecule has 1 N–H and O–H groups in total. The Morgan fingerprint density at radius 2 is 1.81 bits per heavy atom. The second-order valence-corrected chi connectivity index (χ2v) is 3.54. The molecule has 0 aliphatic carbocycles. The number of phenolic OH excluding ortho intramolecular Hbond substituents is 1. The van der Waals surface area contributed by atoms with Gasteiger partial charge in [0.2, 0.25) is 5.89 Å². The quantitative estimate of drug-likeness (QED) is 0.672. The molecule has 0 saturated carbocycles. The standard InChI is InChI=1S/C13H9NO2/c15-10-6-7-11-12(8-10)16-13(14-11)9-4-2-1-3-5-9/h1-8,15H. The molecule has 3 heteroatoms. The predicted molar refractivity (Wildman–Crippen MR) is 61.1 cm³/mol. The van der Waals surface area contributed by atoms with Gasteiger partial charge >= 0.3 is 0 Å². The summed E-state index contributed by atoms with van der Waals surface area (Å²) in [4.78, 5) is 4.35. The summed E-state index contributed by atoms with van der Waals surface area (Å²) < 4.78 is 5.56. The maximum atomic E-state index is 9.32. The van der Waals surface area contributed by atoms with E-state index in [0.717, 1.165) is 11.1 Å². The van der Waals surface area contributed by atoms with Crippen molar-refractivity contribution in [3.05, 3.63) is 48.5 Å². The Balaban J connectivity index is 2.19. The molecule has 16 heavy (non-hydrogen) atoms. The second kappa shape index (κ2) is 3.38. The molecule has 0 bridgehead atoms. The Bertz CT molecular complexity index is 629. The van der Waals surface area contributed by atoms with Crippen LogP contribution in [0.15, 0.2) is 52.9 Å². The molecule has 0 unspecified atom stereocenters. The molecule has 78 valence electrons. The summed E-state index contributed by atoms with van der Waals surface area (Å²) in [5.41, 5.74) is 2.27. The van der Waals surface area contributed by atoms with Gasteiger partial charge in [0, 0.05) is 11.6 Å². The molecular formula is C13H9NO2. The fourth-order valence-electron chi connectivity index (χ4n) is 1.62. The lowest BCUT2D eigenvalue weighted by molar-refractivity contribution is 0.474. The molecule has 3 rings (SSSR count). The van der Waals surface area contributed by atoms with E-state index in [0.29, 0.717) is 11.5 Å². The second-order valence-electron chi connectivity index (χ2n) is 3.54. The van der Waals surface area contributed by atoms with Crippen molar-refractivity contribution in [3.8, 4) is 17.2 Å². The maximum Gasteiger partial charge on any atom is 0.227 e. The Morgan fingerprint density at radius 3 is 2.62 bits per heavy atom. The summed E-state index contributed by atoms with van der Waals surface area (Å²) in [5, 5.41) is 9.32. The number of benzene rings is 2. The first-order chi connectivity index (χ1) is 7.83. The van der Waals surface area contributed by atoms with Gasteiger partial charge < -0.3 is 9.52 Å². The summed E-state index contributed by atoms with van der Waals surface area (Å²) in [6.07, 6.45) is 0. The Morgan fingerprint density at radius 1 is 1.00 bits per heavy atom. The zero-order valence-corrected chi connectivity index (χ0v) is 8.42. The van der Waals surface area contributed by atoms with Crippen LogP contribution in [0.3, 0.4) is 0 Å².